The molecule has 0 aliphatic carbocycles. The van der Waals surface area contributed by atoms with Crippen LogP contribution in [0.5, 0.6) is 11.5 Å². The van der Waals surface area contributed by atoms with Crippen LogP contribution in [-0.4, -0.2) is 34.1 Å². The first-order valence-electron chi connectivity index (χ1n) is 7.81. The summed E-state index contributed by atoms with van der Waals surface area (Å²) in [6.07, 6.45) is 2.22. The van der Waals surface area contributed by atoms with E-state index in [1.807, 2.05) is 32.2 Å². The fourth-order valence-electron chi connectivity index (χ4n) is 2.59. The fourth-order valence-corrected chi connectivity index (χ4v) is 2.59. The lowest BCUT2D eigenvalue weighted by Gasteiger charge is -2.08. The summed E-state index contributed by atoms with van der Waals surface area (Å²) in [5.41, 5.74) is 9.05. The van der Waals surface area contributed by atoms with Crippen molar-refractivity contribution in [2.45, 2.75) is 19.4 Å². The summed E-state index contributed by atoms with van der Waals surface area (Å²) in [5, 5.41) is 8.22. The molecule has 1 unspecified atom stereocenters. The lowest BCUT2D eigenvalue weighted by atomic mass is 10.1. The molecule has 2 heterocycles. The van der Waals surface area contributed by atoms with Crippen molar-refractivity contribution in [1.29, 1.82) is 0 Å². The summed E-state index contributed by atoms with van der Waals surface area (Å²) in [7, 11) is 5.07. The maximum Gasteiger partial charge on any atom is 0.248 e. The normalized spacial score (nSPS) is 12.2. The highest BCUT2D eigenvalue weighted by molar-refractivity contribution is 5.43. The van der Waals surface area contributed by atoms with Gasteiger partial charge in [-0.25, -0.2) is 0 Å². The predicted octanol–water partition coefficient (Wildman–Crippen LogP) is 1.77. The number of benzene rings is 1. The van der Waals surface area contributed by atoms with Gasteiger partial charge in [0, 0.05) is 24.7 Å². The quantitative estimate of drug-likeness (QED) is 0.728. The minimum absolute atomic E-state index is 0.367. The molecule has 25 heavy (non-hydrogen) atoms. The zero-order chi connectivity index (χ0) is 18.0. The number of aryl methyl sites for hydroxylation is 1. The van der Waals surface area contributed by atoms with Gasteiger partial charge in [0.05, 0.1) is 20.4 Å². The van der Waals surface area contributed by atoms with Crippen LogP contribution in [0.3, 0.4) is 0 Å². The molecule has 0 radical (unpaired) electrons. The van der Waals surface area contributed by atoms with Crippen molar-refractivity contribution in [1.82, 2.24) is 19.9 Å². The molecule has 0 aliphatic rings. The number of hydrogen-bond donors (Lipinski definition) is 1. The Balaban J connectivity index is 1.79. The van der Waals surface area contributed by atoms with Crippen molar-refractivity contribution < 1.29 is 14.0 Å². The molecule has 132 valence electrons. The maximum atomic E-state index is 6.23. The van der Waals surface area contributed by atoms with Crippen molar-refractivity contribution in [3.63, 3.8) is 0 Å². The third-order valence-electron chi connectivity index (χ3n) is 4.17. The number of aromatic nitrogens is 4. The van der Waals surface area contributed by atoms with Gasteiger partial charge in [-0.2, -0.15) is 10.1 Å². The second-order valence-corrected chi connectivity index (χ2v) is 5.70. The first-order valence-corrected chi connectivity index (χ1v) is 7.81. The molecule has 8 heteroatoms. The van der Waals surface area contributed by atoms with Gasteiger partial charge in [0.1, 0.15) is 6.04 Å². The Morgan fingerprint density at radius 2 is 2.00 bits per heavy atom. The summed E-state index contributed by atoms with van der Waals surface area (Å²) in [4.78, 5) is 4.42. The molecule has 0 spiro atoms. The van der Waals surface area contributed by atoms with E-state index in [-0.39, 0.29) is 0 Å². The Hall–Kier alpha value is -2.87. The Kier molecular flexibility index (Phi) is 4.71. The van der Waals surface area contributed by atoms with Gasteiger partial charge in [0.2, 0.25) is 5.89 Å². The zero-order valence-electron chi connectivity index (χ0n) is 14.7. The van der Waals surface area contributed by atoms with E-state index in [9.17, 15) is 0 Å². The van der Waals surface area contributed by atoms with E-state index in [1.54, 1.807) is 25.1 Å². The van der Waals surface area contributed by atoms with Gasteiger partial charge in [0.15, 0.2) is 17.3 Å². The first kappa shape index (κ1) is 17.0. The van der Waals surface area contributed by atoms with E-state index in [0.29, 0.717) is 29.6 Å². The van der Waals surface area contributed by atoms with Crippen LogP contribution in [0.25, 0.3) is 0 Å². The molecule has 0 saturated carbocycles. The van der Waals surface area contributed by atoms with Crippen molar-refractivity contribution in [3.8, 4) is 11.5 Å². The molecule has 3 rings (SSSR count). The number of nitrogens with zero attached hydrogens (tertiary/aromatic N) is 4. The Morgan fingerprint density at radius 3 is 2.64 bits per heavy atom. The molecule has 0 amide bonds. The number of methoxy groups -OCH3 is 2. The topological polar surface area (TPSA) is 101 Å². The molecule has 1 aromatic carbocycles. The number of ether oxygens (including phenoxy) is 2. The molecule has 0 aliphatic heterocycles. The largest absolute Gasteiger partial charge is 0.493 e. The summed E-state index contributed by atoms with van der Waals surface area (Å²) in [5.74, 6) is 2.26. The number of rotatable bonds is 6. The Bertz CT molecular complexity index is 871. The molecule has 2 aromatic heterocycles. The van der Waals surface area contributed by atoms with Crippen LogP contribution in [0, 0.1) is 6.92 Å². The van der Waals surface area contributed by atoms with Gasteiger partial charge in [-0.15, -0.1) is 0 Å². The average molecular weight is 343 g/mol. The van der Waals surface area contributed by atoms with Crippen LogP contribution >= 0.6 is 0 Å². The maximum absolute atomic E-state index is 6.23. The van der Waals surface area contributed by atoms with Gasteiger partial charge >= 0.3 is 0 Å². The van der Waals surface area contributed by atoms with Crippen LogP contribution < -0.4 is 15.2 Å². The minimum atomic E-state index is -0.500. The SMILES string of the molecule is COc1ccc(Cc2noc(C(N)c3cnn(C)c3C)n2)cc1OC. The monoisotopic (exact) mass is 343 g/mol. The number of hydrogen-bond acceptors (Lipinski definition) is 7. The highest BCUT2D eigenvalue weighted by Gasteiger charge is 2.21. The van der Waals surface area contributed by atoms with Crippen LogP contribution in [0.2, 0.25) is 0 Å². The highest BCUT2D eigenvalue weighted by atomic mass is 16.5. The molecule has 3 aromatic rings. The Morgan fingerprint density at radius 1 is 1.24 bits per heavy atom. The van der Waals surface area contributed by atoms with Crippen molar-refractivity contribution >= 4 is 0 Å². The average Bonchev–Trinajstić information content (AvgIpc) is 3.22. The van der Waals surface area contributed by atoms with Gasteiger partial charge in [0.25, 0.3) is 0 Å². The van der Waals surface area contributed by atoms with Crippen molar-refractivity contribution in [3.05, 3.63) is 52.9 Å². The van der Waals surface area contributed by atoms with Gasteiger partial charge < -0.3 is 19.7 Å². The lowest BCUT2D eigenvalue weighted by molar-refractivity contribution is 0.354. The summed E-state index contributed by atoms with van der Waals surface area (Å²) in [6, 6.07) is 5.17. The highest BCUT2D eigenvalue weighted by Crippen LogP contribution is 2.28. The van der Waals surface area contributed by atoms with Gasteiger partial charge in [-0.1, -0.05) is 11.2 Å². The molecule has 0 bridgehead atoms. The molecular weight excluding hydrogens is 322 g/mol. The third kappa shape index (κ3) is 3.34. The van der Waals surface area contributed by atoms with Gasteiger partial charge in [-0.05, 0) is 24.6 Å². The van der Waals surface area contributed by atoms with Crippen LogP contribution in [0.4, 0.5) is 0 Å². The third-order valence-corrected chi connectivity index (χ3v) is 4.17. The minimum Gasteiger partial charge on any atom is -0.493 e. The van der Waals surface area contributed by atoms with Crippen LogP contribution in [0.15, 0.2) is 28.9 Å². The second kappa shape index (κ2) is 6.94. The molecule has 0 saturated heterocycles. The van der Waals surface area contributed by atoms with E-state index in [0.717, 1.165) is 16.8 Å². The Labute approximate surface area is 145 Å². The summed E-state index contributed by atoms with van der Waals surface area (Å²) >= 11 is 0. The van der Waals surface area contributed by atoms with Crippen molar-refractivity contribution in [2.24, 2.45) is 12.8 Å². The lowest BCUT2D eigenvalue weighted by Crippen LogP contribution is -2.13. The fraction of sp³-hybridized carbons (Fsp3) is 0.353. The van der Waals surface area contributed by atoms with E-state index in [1.165, 1.54) is 0 Å². The molecule has 8 nitrogen and oxygen atoms in total. The summed E-state index contributed by atoms with van der Waals surface area (Å²) < 4.78 is 17.7. The van der Waals surface area contributed by atoms with E-state index >= 15 is 0 Å². The van der Waals surface area contributed by atoms with Crippen LogP contribution in [-0.2, 0) is 13.5 Å². The van der Waals surface area contributed by atoms with E-state index in [2.05, 4.69) is 15.2 Å². The van der Waals surface area contributed by atoms with Crippen LogP contribution in [0.1, 0.15) is 34.6 Å². The van der Waals surface area contributed by atoms with Crippen molar-refractivity contribution in [2.75, 3.05) is 14.2 Å². The van der Waals surface area contributed by atoms with Gasteiger partial charge in [-0.3, -0.25) is 4.68 Å². The van der Waals surface area contributed by atoms with E-state index < -0.39 is 6.04 Å². The smallest absolute Gasteiger partial charge is 0.248 e. The zero-order valence-corrected chi connectivity index (χ0v) is 14.7. The summed E-state index contributed by atoms with van der Waals surface area (Å²) in [6.45, 7) is 1.95. The molecule has 1 atom stereocenters. The number of nitrogens with two attached hydrogens (primary N) is 1. The second-order valence-electron chi connectivity index (χ2n) is 5.70. The standard InChI is InChI=1S/C17H21N5O3/c1-10-12(9-19-22(10)2)16(18)17-20-15(21-25-17)8-11-5-6-13(23-3)14(7-11)24-4/h5-7,9,16H,8,18H2,1-4H3. The molecule has 0 fully saturated rings. The predicted molar refractivity (Wildman–Crippen MR) is 90.6 cm³/mol. The van der Waals surface area contributed by atoms with E-state index in [4.69, 9.17) is 19.7 Å². The first-order chi connectivity index (χ1) is 12.0. The molecular formula is C17H21N5O3. The molecule has 2 N–H and O–H groups in total.